The van der Waals surface area contributed by atoms with Crippen molar-refractivity contribution in [2.75, 3.05) is 5.73 Å². The molecule has 2 heterocycles. The number of aromatic nitrogens is 3. The Morgan fingerprint density at radius 2 is 1.81 bits per heavy atom. The molecule has 0 radical (unpaired) electrons. The molecule has 3 aromatic rings. The van der Waals surface area contributed by atoms with Crippen molar-refractivity contribution < 1.29 is 4.52 Å². The van der Waals surface area contributed by atoms with Gasteiger partial charge >= 0.3 is 0 Å². The lowest BCUT2D eigenvalue weighted by atomic mass is 10.1. The average molecular weight is 212 g/mol. The fraction of sp³-hybridized carbons (Fsp3) is 0. The number of nitrogens with two attached hydrogens (primary N) is 1. The molecule has 78 valence electrons. The van der Waals surface area contributed by atoms with Gasteiger partial charge in [-0.25, -0.2) is 0 Å². The summed E-state index contributed by atoms with van der Waals surface area (Å²) >= 11 is 0. The molecular formula is C11H8N4O. The molecule has 0 unspecified atom stereocenters. The second-order valence-corrected chi connectivity index (χ2v) is 3.45. The molecule has 1 aromatic carbocycles. The Kier molecular flexibility index (Phi) is 1.83. The largest absolute Gasteiger partial charge is 0.381 e. The number of nitrogen functional groups attached to an aromatic ring is 1. The summed E-state index contributed by atoms with van der Waals surface area (Å²) < 4.78 is 5.09. The standard InChI is InChI=1S/C11H8N4O/c12-11-4-10(16-15-11)7-1-2-8-5-13-14-6-9(8)3-7/h1-6H,(H2,12,15). The van der Waals surface area contributed by atoms with E-state index in [0.717, 1.165) is 16.3 Å². The smallest absolute Gasteiger partial charge is 0.169 e. The van der Waals surface area contributed by atoms with Crippen molar-refractivity contribution in [1.29, 1.82) is 0 Å². The number of benzene rings is 1. The SMILES string of the molecule is Nc1cc(-c2ccc3cnncc3c2)on1. The molecule has 0 aliphatic carbocycles. The van der Waals surface area contributed by atoms with E-state index in [9.17, 15) is 0 Å². The second-order valence-electron chi connectivity index (χ2n) is 3.45. The number of anilines is 1. The van der Waals surface area contributed by atoms with E-state index < -0.39 is 0 Å². The van der Waals surface area contributed by atoms with Gasteiger partial charge < -0.3 is 10.3 Å². The molecule has 0 atom stereocenters. The van der Waals surface area contributed by atoms with Gasteiger partial charge in [-0.2, -0.15) is 10.2 Å². The number of nitrogens with zero attached hydrogens (tertiary/aromatic N) is 3. The molecule has 2 N–H and O–H groups in total. The van der Waals surface area contributed by atoms with E-state index in [0.29, 0.717) is 11.6 Å². The van der Waals surface area contributed by atoms with Gasteiger partial charge in [-0.1, -0.05) is 17.3 Å². The average Bonchev–Trinajstić information content (AvgIpc) is 2.75. The summed E-state index contributed by atoms with van der Waals surface area (Å²) in [5, 5.41) is 13.3. The van der Waals surface area contributed by atoms with Crippen LogP contribution in [0.5, 0.6) is 0 Å². The van der Waals surface area contributed by atoms with E-state index in [1.165, 1.54) is 0 Å². The van der Waals surface area contributed by atoms with Crippen molar-refractivity contribution >= 4 is 16.6 Å². The van der Waals surface area contributed by atoms with Crippen LogP contribution in [-0.4, -0.2) is 15.4 Å². The highest BCUT2D eigenvalue weighted by Crippen LogP contribution is 2.24. The van der Waals surface area contributed by atoms with Crippen LogP contribution >= 0.6 is 0 Å². The summed E-state index contributed by atoms with van der Waals surface area (Å²) in [5.74, 6) is 1.03. The van der Waals surface area contributed by atoms with Crippen molar-refractivity contribution in [1.82, 2.24) is 15.4 Å². The zero-order valence-corrected chi connectivity index (χ0v) is 8.29. The monoisotopic (exact) mass is 212 g/mol. The van der Waals surface area contributed by atoms with Crippen LogP contribution in [0.25, 0.3) is 22.1 Å². The van der Waals surface area contributed by atoms with Crippen molar-refractivity contribution in [3.8, 4) is 11.3 Å². The Labute approximate surface area is 90.9 Å². The molecule has 3 rings (SSSR count). The predicted molar refractivity (Wildman–Crippen MR) is 59.4 cm³/mol. The number of hydrogen-bond acceptors (Lipinski definition) is 5. The third-order valence-corrected chi connectivity index (χ3v) is 2.36. The summed E-state index contributed by atoms with van der Waals surface area (Å²) in [6, 6.07) is 7.54. The van der Waals surface area contributed by atoms with Gasteiger partial charge in [-0.15, -0.1) is 0 Å². The lowest BCUT2D eigenvalue weighted by Gasteiger charge is -1.98. The van der Waals surface area contributed by atoms with Gasteiger partial charge in [-0.3, -0.25) is 0 Å². The summed E-state index contributed by atoms with van der Waals surface area (Å²) in [5.41, 5.74) is 6.42. The Balaban J connectivity index is 2.18. The molecule has 0 fully saturated rings. The molecule has 0 amide bonds. The topological polar surface area (TPSA) is 77.8 Å². The Hall–Kier alpha value is -2.43. The molecule has 0 saturated heterocycles. The maximum absolute atomic E-state index is 5.50. The zero-order valence-electron chi connectivity index (χ0n) is 8.29. The van der Waals surface area contributed by atoms with Crippen LogP contribution in [0.4, 0.5) is 5.82 Å². The van der Waals surface area contributed by atoms with Gasteiger partial charge in [-0.05, 0) is 6.07 Å². The fourth-order valence-corrected chi connectivity index (χ4v) is 1.57. The molecule has 0 bridgehead atoms. The molecule has 5 heteroatoms. The first-order chi connectivity index (χ1) is 7.83. The minimum absolute atomic E-state index is 0.378. The third-order valence-electron chi connectivity index (χ3n) is 2.36. The molecular weight excluding hydrogens is 204 g/mol. The number of rotatable bonds is 1. The van der Waals surface area contributed by atoms with Crippen LogP contribution < -0.4 is 5.73 Å². The highest BCUT2D eigenvalue weighted by Gasteiger charge is 2.05. The van der Waals surface area contributed by atoms with E-state index in [2.05, 4.69) is 15.4 Å². The maximum Gasteiger partial charge on any atom is 0.169 e. The highest BCUT2D eigenvalue weighted by atomic mass is 16.5. The highest BCUT2D eigenvalue weighted by molar-refractivity contribution is 5.85. The lowest BCUT2D eigenvalue weighted by molar-refractivity contribution is 0.436. The van der Waals surface area contributed by atoms with Crippen molar-refractivity contribution in [3.05, 3.63) is 36.7 Å². The van der Waals surface area contributed by atoms with E-state index in [1.54, 1.807) is 18.5 Å². The van der Waals surface area contributed by atoms with Crippen LogP contribution in [-0.2, 0) is 0 Å². The maximum atomic E-state index is 5.50. The summed E-state index contributed by atoms with van der Waals surface area (Å²) in [6.07, 6.45) is 3.42. The zero-order chi connectivity index (χ0) is 11.0. The van der Waals surface area contributed by atoms with Crippen LogP contribution in [0.2, 0.25) is 0 Å². The first kappa shape index (κ1) is 8.84. The van der Waals surface area contributed by atoms with Gasteiger partial charge in [0.15, 0.2) is 11.6 Å². The van der Waals surface area contributed by atoms with Crippen molar-refractivity contribution in [3.63, 3.8) is 0 Å². The van der Waals surface area contributed by atoms with Gasteiger partial charge in [0.2, 0.25) is 0 Å². The molecule has 5 nitrogen and oxygen atoms in total. The minimum Gasteiger partial charge on any atom is -0.381 e. The predicted octanol–water partition coefficient (Wildman–Crippen LogP) is 1.87. The third kappa shape index (κ3) is 1.38. The van der Waals surface area contributed by atoms with Crippen molar-refractivity contribution in [2.24, 2.45) is 0 Å². The van der Waals surface area contributed by atoms with Gasteiger partial charge in [0.25, 0.3) is 0 Å². The molecule has 0 aliphatic heterocycles. The number of fused-ring (bicyclic) bond motifs is 1. The first-order valence-electron chi connectivity index (χ1n) is 4.76. The normalized spacial score (nSPS) is 10.8. The molecule has 0 aliphatic rings. The van der Waals surface area contributed by atoms with Crippen LogP contribution in [0.1, 0.15) is 0 Å². The molecule has 16 heavy (non-hydrogen) atoms. The fourth-order valence-electron chi connectivity index (χ4n) is 1.57. The summed E-state index contributed by atoms with van der Waals surface area (Å²) in [6.45, 7) is 0. The van der Waals surface area contributed by atoms with Gasteiger partial charge in [0.1, 0.15) is 0 Å². The van der Waals surface area contributed by atoms with E-state index in [-0.39, 0.29) is 0 Å². The molecule has 2 aromatic heterocycles. The van der Waals surface area contributed by atoms with Gasteiger partial charge in [0.05, 0.1) is 12.4 Å². The summed E-state index contributed by atoms with van der Waals surface area (Å²) in [7, 11) is 0. The van der Waals surface area contributed by atoms with Crippen LogP contribution in [0.15, 0.2) is 41.2 Å². The van der Waals surface area contributed by atoms with Crippen LogP contribution in [0.3, 0.4) is 0 Å². The number of hydrogen-bond donors (Lipinski definition) is 1. The van der Waals surface area contributed by atoms with E-state index in [4.69, 9.17) is 10.3 Å². The van der Waals surface area contributed by atoms with E-state index in [1.807, 2.05) is 18.2 Å². The molecule has 0 spiro atoms. The van der Waals surface area contributed by atoms with Crippen molar-refractivity contribution in [2.45, 2.75) is 0 Å². The van der Waals surface area contributed by atoms with Crippen LogP contribution in [0, 0.1) is 0 Å². The lowest BCUT2D eigenvalue weighted by Crippen LogP contribution is -1.82. The molecule has 0 saturated carbocycles. The quantitative estimate of drug-likeness (QED) is 0.666. The second kappa shape index (κ2) is 3.30. The van der Waals surface area contributed by atoms with Gasteiger partial charge in [0, 0.05) is 22.4 Å². The van der Waals surface area contributed by atoms with E-state index >= 15 is 0 Å². The minimum atomic E-state index is 0.378. The summed E-state index contributed by atoms with van der Waals surface area (Å²) in [4.78, 5) is 0. The Morgan fingerprint density at radius 1 is 1.00 bits per heavy atom. The first-order valence-corrected chi connectivity index (χ1v) is 4.76. The Bertz CT molecular complexity index is 647. The Morgan fingerprint density at radius 3 is 2.56 bits per heavy atom.